The fourth-order valence-corrected chi connectivity index (χ4v) is 4.28. The third-order valence-corrected chi connectivity index (χ3v) is 6.45. The Labute approximate surface area is 249 Å². The number of carbonyl (C=O) groups excluding carboxylic acids is 1. The first kappa shape index (κ1) is 29.5. The molecule has 0 atom stereocenters. The Morgan fingerprint density at radius 3 is 2.55 bits per heavy atom. The number of amides is 1. The van der Waals surface area contributed by atoms with Gasteiger partial charge in [0.05, 0.1) is 23.3 Å². The maximum absolute atomic E-state index is 15.2. The second-order valence-electron chi connectivity index (χ2n) is 9.74. The van der Waals surface area contributed by atoms with Crippen LogP contribution in [0.3, 0.4) is 0 Å². The van der Waals surface area contributed by atoms with Gasteiger partial charge in [-0.15, -0.1) is 0 Å². The van der Waals surface area contributed by atoms with Crippen molar-refractivity contribution in [2.45, 2.75) is 19.9 Å². The topological polar surface area (TPSA) is 144 Å². The minimum Gasteiger partial charge on any atom is -0.452 e. The molecule has 5 rings (SSSR count). The van der Waals surface area contributed by atoms with E-state index in [0.29, 0.717) is 17.0 Å². The van der Waals surface area contributed by atoms with Crippen molar-refractivity contribution >= 4 is 23.4 Å². The summed E-state index contributed by atoms with van der Waals surface area (Å²) in [4.78, 5) is 47.9. The molecule has 1 aliphatic rings. The van der Waals surface area contributed by atoms with Crippen LogP contribution in [0.1, 0.15) is 35.9 Å². The number of anilines is 1. The van der Waals surface area contributed by atoms with Gasteiger partial charge in [0.15, 0.2) is 17.3 Å². The van der Waals surface area contributed by atoms with Crippen LogP contribution in [0.5, 0.6) is 5.75 Å². The van der Waals surface area contributed by atoms with E-state index in [4.69, 9.17) is 10.1 Å². The van der Waals surface area contributed by atoms with Crippen LogP contribution < -0.4 is 26.6 Å². The summed E-state index contributed by atoms with van der Waals surface area (Å²) in [6.45, 7) is 3.39. The van der Waals surface area contributed by atoms with Crippen molar-refractivity contribution < 1.29 is 18.3 Å². The van der Waals surface area contributed by atoms with Gasteiger partial charge in [0.2, 0.25) is 0 Å². The highest BCUT2D eigenvalue weighted by Crippen LogP contribution is 2.28. The number of hydrogen-bond acceptors (Lipinski definition) is 8. The van der Waals surface area contributed by atoms with Gasteiger partial charge in [-0.05, 0) is 62.4 Å². The molecule has 44 heavy (non-hydrogen) atoms. The van der Waals surface area contributed by atoms with E-state index in [1.807, 2.05) is 0 Å². The van der Waals surface area contributed by atoms with Crippen molar-refractivity contribution in [1.82, 2.24) is 24.4 Å². The molecule has 0 spiro atoms. The van der Waals surface area contributed by atoms with E-state index in [1.54, 1.807) is 32.3 Å². The predicted molar refractivity (Wildman–Crippen MR) is 160 cm³/mol. The van der Waals surface area contributed by atoms with Crippen LogP contribution >= 0.6 is 0 Å². The average Bonchev–Trinajstić information content (AvgIpc) is 3.00. The summed E-state index contributed by atoms with van der Waals surface area (Å²) in [6.07, 6.45) is 11.5. The molecule has 0 fully saturated rings. The van der Waals surface area contributed by atoms with Crippen LogP contribution in [0.4, 0.5) is 14.5 Å². The molecule has 0 saturated carbocycles. The number of benzene rings is 2. The maximum atomic E-state index is 15.2. The zero-order chi connectivity index (χ0) is 31.4. The van der Waals surface area contributed by atoms with Gasteiger partial charge in [-0.1, -0.05) is 0 Å². The fourth-order valence-electron chi connectivity index (χ4n) is 4.28. The molecule has 11 nitrogen and oxygen atoms in total. The number of ether oxygens (including phenoxy) is 1. The molecule has 3 N–H and O–H groups in total. The first-order valence-electron chi connectivity index (χ1n) is 13.2. The van der Waals surface area contributed by atoms with Gasteiger partial charge in [-0.3, -0.25) is 24.1 Å². The molecule has 2 aromatic carbocycles. The van der Waals surface area contributed by atoms with Gasteiger partial charge in [0, 0.05) is 54.4 Å². The van der Waals surface area contributed by atoms with Gasteiger partial charge in [-0.25, -0.2) is 18.1 Å². The second kappa shape index (κ2) is 12.5. The lowest BCUT2D eigenvalue weighted by Crippen LogP contribution is -2.42. The number of rotatable bonds is 8. The molecule has 0 radical (unpaired) electrons. The Morgan fingerprint density at radius 1 is 1.11 bits per heavy atom. The standard InChI is InChI=1S/C31H25F2N7O4/c1-18(2)39-17-23(30(42)40(31(39)43)22-6-3-20(32)4-7-22)29(41)38-21-5-8-27(24(33)14-21)44-28-13-19(15-37-25(28)9-10-34)26-16-35-11-12-36-26/h3-18,34,37H,1-2H3,(H,38,41)/b25-9-,34-10?. The zero-order valence-electron chi connectivity index (χ0n) is 23.4. The van der Waals surface area contributed by atoms with Crippen molar-refractivity contribution in [3.05, 3.63) is 141 Å². The Balaban J connectivity index is 1.43. The highest BCUT2D eigenvalue weighted by atomic mass is 19.1. The summed E-state index contributed by atoms with van der Waals surface area (Å²) in [7, 11) is 0. The minimum absolute atomic E-state index is 0.0148. The molecular formula is C31H25F2N7O4. The summed E-state index contributed by atoms with van der Waals surface area (Å²) in [6, 6.07) is 7.96. The molecule has 13 heteroatoms. The van der Waals surface area contributed by atoms with Crippen LogP contribution in [0.25, 0.3) is 11.3 Å². The minimum atomic E-state index is -0.925. The Bertz CT molecular complexity index is 1960. The molecule has 1 amide bonds. The van der Waals surface area contributed by atoms with Crippen LogP contribution in [0.15, 0.2) is 107 Å². The Morgan fingerprint density at radius 2 is 1.89 bits per heavy atom. The van der Waals surface area contributed by atoms with E-state index in [9.17, 15) is 18.8 Å². The normalized spacial score (nSPS) is 13.6. The maximum Gasteiger partial charge on any atom is 0.335 e. The van der Waals surface area contributed by atoms with E-state index in [-0.39, 0.29) is 28.4 Å². The summed E-state index contributed by atoms with van der Waals surface area (Å²) < 4.78 is 36.5. The molecule has 3 heterocycles. The highest BCUT2D eigenvalue weighted by Gasteiger charge is 2.21. The first-order chi connectivity index (χ1) is 21.2. The van der Waals surface area contributed by atoms with Gasteiger partial charge < -0.3 is 20.8 Å². The Kier molecular flexibility index (Phi) is 8.37. The predicted octanol–water partition coefficient (Wildman–Crippen LogP) is 4.34. The molecule has 0 saturated heterocycles. The molecule has 222 valence electrons. The van der Waals surface area contributed by atoms with Crippen LogP contribution in [-0.2, 0) is 0 Å². The Hall–Kier alpha value is -5.98. The van der Waals surface area contributed by atoms with E-state index < -0.39 is 34.8 Å². The van der Waals surface area contributed by atoms with Crippen molar-refractivity contribution in [1.29, 1.82) is 5.41 Å². The highest BCUT2D eigenvalue weighted by molar-refractivity contribution is 6.03. The first-order valence-corrected chi connectivity index (χ1v) is 13.2. The van der Waals surface area contributed by atoms with Gasteiger partial charge in [0.1, 0.15) is 11.4 Å². The summed E-state index contributed by atoms with van der Waals surface area (Å²) in [5.74, 6) is -2.26. The second-order valence-corrected chi connectivity index (χ2v) is 9.74. The lowest BCUT2D eigenvalue weighted by molar-refractivity contribution is 0.102. The number of hydrogen-bond donors (Lipinski definition) is 3. The van der Waals surface area contributed by atoms with E-state index in [0.717, 1.165) is 35.2 Å². The molecule has 4 aromatic rings. The summed E-state index contributed by atoms with van der Waals surface area (Å²) in [5, 5.41) is 12.9. The summed E-state index contributed by atoms with van der Waals surface area (Å²) in [5.41, 5.74) is -0.385. The van der Waals surface area contributed by atoms with Gasteiger partial charge >= 0.3 is 5.69 Å². The van der Waals surface area contributed by atoms with Crippen LogP contribution in [0.2, 0.25) is 0 Å². The van der Waals surface area contributed by atoms with E-state index in [1.165, 1.54) is 47.3 Å². The zero-order valence-corrected chi connectivity index (χ0v) is 23.4. The number of nitrogens with one attached hydrogen (secondary N) is 3. The third-order valence-electron chi connectivity index (χ3n) is 6.45. The van der Waals surface area contributed by atoms with Crippen molar-refractivity contribution in [3.8, 4) is 11.4 Å². The number of allylic oxidation sites excluding steroid dienone is 3. The number of carbonyl (C=O) groups is 1. The lowest BCUT2D eigenvalue weighted by atomic mass is 10.1. The molecule has 0 unspecified atom stereocenters. The van der Waals surface area contributed by atoms with Crippen molar-refractivity contribution in [2.75, 3.05) is 5.32 Å². The number of dihydropyridines is 1. The number of nitrogens with zero attached hydrogens (tertiary/aromatic N) is 4. The van der Waals surface area contributed by atoms with E-state index >= 15 is 4.39 Å². The molecule has 0 aliphatic carbocycles. The largest absolute Gasteiger partial charge is 0.452 e. The molecule has 0 bridgehead atoms. The van der Waals surface area contributed by atoms with Crippen molar-refractivity contribution in [2.24, 2.45) is 0 Å². The average molecular weight is 598 g/mol. The van der Waals surface area contributed by atoms with Crippen molar-refractivity contribution in [3.63, 3.8) is 0 Å². The smallest absolute Gasteiger partial charge is 0.335 e. The monoisotopic (exact) mass is 597 g/mol. The number of aromatic nitrogens is 4. The third kappa shape index (κ3) is 6.11. The molecule has 1 aliphatic heterocycles. The number of halogens is 2. The van der Waals surface area contributed by atoms with Crippen LogP contribution in [-0.4, -0.2) is 31.2 Å². The quantitative estimate of drug-likeness (QED) is 0.256. The SMILES string of the molecule is CC(C)n1cc(C(=O)Nc2ccc(OC3=CC(c4cnccn4)=CN/C3=C\C=N)c(F)c2)c(=O)n(-c2ccc(F)cc2)c1=O. The summed E-state index contributed by atoms with van der Waals surface area (Å²) >= 11 is 0. The lowest BCUT2D eigenvalue weighted by Gasteiger charge is -2.19. The van der Waals surface area contributed by atoms with Gasteiger partial charge in [0.25, 0.3) is 11.5 Å². The molecular weight excluding hydrogens is 572 g/mol. The van der Waals surface area contributed by atoms with Gasteiger partial charge in [-0.2, -0.15) is 0 Å². The van der Waals surface area contributed by atoms with Crippen LogP contribution in [0, 0.1) is 17.0 Å². The molecule has 2 aromatic heterocycles. The van der Waals surface area contributed by atoms with E-state index in [2.05, 4.69) is 20.6 Å². The fraction of sp³-hybridized carbons (Fsp3) is 0.0968.